The molecule has 0 aromatic carbocycles. The Labute approximate surface area is 133 Å². The Bertz CT molecular complexity index is 831. The van der Waals surface area contributed by atoms with E-state index in [1.807, 2.05) is 0 Å². The summed E-state index contributed by atoms with van der Waals surface area (Å²) < 4.78 is 6.14. The van der Waals surface area contributed by atoms with Crippen molar-refractivity contribution in [1.29, 1.82) is 0 Å². The molecule has 2 rings (SSSR count). The molecule has 3 N–H and O–H groups in total. The second kappa shape index (κ2) is 6.51. The molecule has 0 amide bonds. The van der Waals surface area contributed by atoms with Gasteiger partial charge in [-0.3, -0.25) is 4.79 Å². The molecule has 0 unspecified atom stereocenters. The van der Waals surface area contributed by atoms with Gasteiger partial charge in [-0.2, -0.15) is 9.78 Å². The average Bonchev–Trinajstić information content (AvgIpc) is 2.72. The molecule has 2 heterocycles. The number of nitrogens with zero attached hydrogens (tertiary/aromatic N) is 2. The van der Waals surface area contributed by atoms with E-state index in [1.54, 1.807) is 33.8 Å². The number of nitrogens with two attached hydrogens (primary N) is 1. The molecule has 0 radical (unpaired) electrons. The summed E-state index contributed by atoms with van der Waals surface area (Å²) in [6, 6.07) is 3.11. The number of aryl methyl sites for hydroxylation is 2. The van der Waals surface area contributed by atoms with Crippen molar-refractivity contribution in [3.05, 3.63) is 50.6 Å². The van der Waals surface area contributed by atoms with Crippen molar-refractivity contribution in [2.75, 3.05) is 12.3 Å². The minimum Gasteiger partial charge on any atom is -0.462 e. The molecule has 0 aliphatic carbocycles. The van der Waals surface area contributed by atoms with E-state index in [0.29, 0.717) is 29.1 Å². The Morgan fingerprint density at radius 3 is 2.70 bits per heavy atom. The Morgan fingerprint density at radius 2 is 2.09 bits per heavy atom. The van der Waals surface area contributed by atoms with Crippen molar-refractivity contribution in [3.8, 4) is 0 Å². The number of carbonyl (C=O) groups excluding carboxylic acids is 1. The second-order valence-corrected chi connectivity index (χ2v) is 5.24. The molecule has 122 valence electrons. The van der Waals surface area contributed by atoms with Crippen molar-refractivity contribution < 1.29 is 9.53 Å². The molecule has 2 aromatic rings. The zero-order valence-electron chi connectivity index (χ0n) is 13.6. The number of aromatic amines is 1. The summed E-state index contributed by atoms with van der Waals surface area (Å²) in [5, 5.41) is 4.11. The lowest BCUT2D eigenvalue weighted by Crippen LogP contribution is -2.19. The predicted molar refractivity (Wildman–Crippen MR) is 89.1 cm³/mol. The lowest BCUT2D eigenvalue weighted by molar-refractivity contribution is 0.0525. The quantitative estimate of drug-likeness (QED) is 0.662. The largest absolute Gasteiger partial charge is 0.462 e. The van der Waals surface area contributed by atoms with Crippen molar-refractivity contribution in [2.45, 2.75) is 27.7 Å². The van der Waals surface area contributed by atoms with Gasteiger partial charge < -0.3 is 15.5 Å². The number of ether oxygens (including phenoxy) is 1. The van der Waals surface area contributed by atoms with Crippen molar-refractivity contribution in [2.24, 2.45) is 5.10 Å². The maximum absolute atomic E-state index is 12.0. The zero-order chi connectivity index (χ0) is 17.1. The topological polar surface area (TPSA) is 102 Å². The zero-order valence-corrected chi connectivity index (χ0v) is 13.6. The van der Waals surface area contributed by atoms with E-state index in [1.165, 1.54) is 12.3 Å². The first-order chi connectivity index (χ1) is 10.8. The highest BCUT2D eigenvalue weighted by Crippen LogP contribution is 2.18. The van der Waals surface area contributed by atoms with E-state index in [0.717, 1.165) is 10.2 Å². The number of hydrogen-bond acceptors (Lipinski definition) is 5. The normalized spacial score (nSPS) is 11.1. The molecular formula is C16H20N4O3. The first-order valence-electron chi connectivity index (χ1n) is 7.25. The molecule has 0 aliphatic heterocycles. The highest BCUT2D eigenvalue weighted by atomic mass is 16.5. The van der Waals surface area contributed by atoms with Crippen LogP contribution in [0.25, 0.3) is 0 Å². The lowest BCUT2D eigenvalue weighted by Gasteiger charge is -2.03. The molecular weight excluding hydrogens is 296 g/mol. The van der Waals surface area contributed by atoms with Crippen LogP contribution in [0, 0.1) is 20.8 Å². The molecule has 7 heteroatoms. The summed E-state index contributed by atoms with van der Waals surface area (Å²) in [7, 11) is 0. The van der Waals surface area contributed by atoms with Gasteiger partial charge in [-0.1, -0.05) is 0 Å². The number of nitrogen functional groups attached to an aromatic ring is 1. The number of carbonyl (C=O) groups is 1. The fourth-order valence-corrected chi connectivity index (χ4v) is 2.37. The maximum atomic E-state index is 12.0. The Kier molecular flexibility index (Phi) is 4.68. The molecule has 0 atom stereocenters. The standard InChI is InChI=1S/C16H20N4O3/c1-5-23-16(22)15-10(3)12(19-11(15)4)8-18-20-13(17)6-9(2)7-14(20)21/h6-8,19H,5,17H2,1-4H3/b18-8+. The van der Waals surface area contributed by atoms with Gasteiger partial charge >= 0.3 is 5.97 Å². The molecule has 23 heavy (non-hydrogen) atoms. The van der Waals surface area contributed by atoms with Crippen LogP contribution < -0.4 is 11.3 Å². The summed E-state index contributed by atoms with van der Waals surface area (Å²) in [4.78, 5) is 26.9. The summed E-state index contributed by atoms with van der Waals surface area (Å²) >= 11 is 0. The van der Waals surface area contributed by atoms with Crippen molar-refractivity contribution >= 4 is 18.0 Å². The molecule has 2 aromatic heterocycles. The second-order valence-electron chi connectivity index (χ2n) is 5.24. The number of esters is 1. The van der Waals surface area contributed by atoms with Crippen molar-refractivity contribution in [3.63, 3.8) is 0 Å². The van der Waals surface area contributed by atoms with Gasteiger partial charge in [-0.25, -0.2) is 4.79 Å². The van der Waals surface area contributed by atoms with E-state index >= 15 is 0 Å². The van der Waals surface area contributed by atoms with Gasteiger partial charge in [0.05, 0.1) is 24.1 Å². The number of pyridine rings is 1. The summed E-state index contributed by atoms with van der Waals surface area (Å²) in [6.45, 7) is 7.42. The third-order valence-electron chi connectivity index (χ3n) is 3.44. The average molecular weight is 316 g/mol. The van der Waals surface area contributed by atoms with Gasteiger partial charge in [0.15, 0.2) is 0 Å². The van der Waals surface area contributed by atoms with Gasteiger partial charge in [0.1, 0.15) is 5.82 Å². The van der Waals surface area contributed by atoms with Crippen LogP contribution in [0.15, 0.2) is 22.0 Å². The van der Waals surface area contributed by atoms with Crippen LogP contribution in [0.2, 0.25) is 0 Å². The van der Waals surface area contributed by atoms with Gasteiger partial charge in [0.25, 0.3) is 5.56 Å². The summed E-state index contributed by atoms with van der Waals surface area (Å²) in [5.41, 5.74) is 8.78. The third kappa shape index (κ3) is 3.33. The maximum Gasteiger partial charge on any atom is 0.340 e. The molecule has 7 nitrogen and oxygen atoms in total. The molecule has 0 saturated carbocycles. The van der Waals surface area contributed by atoms with Crippen LogP contribution in [-0.4, -0.2) is 28.5 Å². The number of rotatable bonds is 4. The van der Waals surface area contributed by atoms with Gasteiger partial charge in [0.2, 0.25) is 0 Å². The van der Waals surface area contributed by atoms with Crippen molar-refractivity contribution in [1.82, 2.24) is 9.66 Å². The predicted octanol–water partition coefficient (Wildman–Crippen LogP) is 1.74. The van der Waals surface area contributed by atoms with Gasteiger partial charge in [-0.05, 0) is 44.9 Å². The SMILES string of the molecule is CCOC(=O)c1c(C)[nH]c(/C=N/n2c(N)cc(C)cc2=O)c1C. The van der Waals surface area contributed by atoms with E-state index in [2.05, 4.69) is 10.1 Å². The minimum absolute atomic E-state index is 0.248. The smallest absolute Gasteiger partial charge is 0.340 e. The monoisotopic (exact) mass is 316 g/mol. The van der Waals surface area contributed by atoms with Crippen LogP contribution in [0.3, 0.4) is 0 Å². The van der Waals surface area contributed by atoms with Crippen LogP contribution in [-0.2, 0) is 4.74 Å². The Morgan fingerprint density at radius 1 is 1.39 bits per heavy atom. The Hall–Kier alpha value is -2.83. The highest BCUT2D eigenvalue weighted by molar-refractivity contribution is 5.96. The lowest BCUT2D eigenvalue weighted by atomic mass is 10.1. The Balaban J connectivity index is 2.40. The molecule has 0 spiro atoms. The van der Waals surface area contributed by atoms with Crippen LogP contribution >= 0.6 is 0 Å². The highest BCUT2D eigenvalue weighted by Gasteiger charge is 2.18. The number of anilines is 1. The van der Waals surface area contributed by atoms with E-state index < -0.39 is 0 Å². The third-order valence-corrected chi connectivity index (χ3v) is 3.44. The summed E-state index contributed by atoms with van der Waals surface area (Å²) in [6.07, 6.45) is 1.47. The first kappa shape index (κ1) is 16.5. The summed E-state index contributed by atoms with van der Waals surface area (Å²) in [5.74, 6) is -0.136. The first-order valence-corrected chi connectivity index (χ1v) is 7.25. The minimum atomic E-state index is -0.384. The number of hydrogen-bond donors (Lipinski definition) is 2. The number of H-pyrrole nitrogens is 1. The fourth-order valence-electron chi connectivity index (χ4n) is 2.37. The van der Waals surface area contributed by atoms with E-state index in [-0.39, 0.29) is 17.3 Å². The van der Waals surface area contributed by atoms with Crippen LogP contribution in [0.1, 0.15) is 39.8 Å². The van der Waals surface area contributed by atoms with E-state index in [9.17, 15) is 9.59 Å². The molecule has 0 aliphatic rings. The van der Waals surface area contributed by atoms with Gasteiger partial charge in [-0.15, -0.1) is 0 Å². The molecule has 0 bridgehead atoms. The molecule has 0 fully saturated rings. The number of nitrogens with one attached hydrogen (secondary N) is 1. The molecule has 0 saturated heterocycles. The van der Waals surface area contributed by atoms with Crippen LogP contribution in [0.5, 0.6) is 0 Å². The van der Waals surface area contributed by atoms with Crippen LogP contribution in [0.4, 0.5) is 5.82 Å². The fraction of sp³-hybridized carbons (Fsp3) is 0.312. The van der Waals surface area contributed by atoms with Gasteiger partial charge in [0, 0.05) is 11.8 Å². The van der Waals surface area contributed by atoms with E-state index in [4.69, 9.17) is 10.5 Å². The number of aromatic nitrogens is 2.